The van der Waals surface area contributed by atoms with Crippen LogP contribution in [0.3, 0.4) is 0 Å². The lowest BCUT2D eigenvalue weighted by Gasteiger charge is -2.24. The van der Waals surface area contributed by atoms with E-state index >= 15 is 4.39 Å². The molecule has 0 radical (unpaired) electrons. The number of sulfonamides is 1. The predicted molar refractivity (Wildman–Crippen MR) is 149 cm³/mol. The number of hydrogen-bond acceptors (Lipinski definition) is 7. The minimum Gasteiger partial charge on any atom is -0.497 e. The first-order valence-corrected chi connectivity index (χ1v) is 14.5. The minimum absolute atomic E-state index is 0.0108. The molecule has 0 bridgehead atoms. The van der Waals surface area contributed by atoms with Gasteiger partial charge in [-0.15, -0.1) is 0 Å². The average molecular weight is 594 g/mol. The fourth-order valence-corrected chi connectivity index (χ4v) is 6.62. The summed E-state index contributed by atoms with van der Waals surface area (Å²) < 4.78 is 68.6. The molecule has 0 aliphatic rings. The molecule has 0 spiro atoms. The monoisotopic (exact) mass is 593 g/mol. The molecule has 1 heterocycles. The van der Waals surface area contributed by atoms with Crippen molar-refractivity contribution in [2.75, 3.05) is 23.8 Å². The third kappa shape index (κ3) is 6.26. The smallest absolute Gasteiger partial charge is 0.269 e. The molecular weight excluding hydrogens is 568 g/mol. The van der Waals surface area contributed by atoms with Gasteiger partial charge in [0.25, 0.3) is 10.0 Å². The first-order chi connectivity index (χ1) is 18.7. The topological polar surface area (TPSA) is 80.8 Å². The molecule has 4 aromatic rings. The predicted octanol–water partition coefficient (Wildman–Crippen LogP) is 7.05. The number of methoxy groups -OCH3 is 2. The number of nitrogens with one attached hydrogen (secondary N) is 1. The molecule has 0 fully saturated rings. The summed E-state index contributed by atoms with van der Waals surface area (Å²) in [7, 11) is -1.69. The molecule has 0 unspecified atom stereocenters. The molecule has 206 valence electrons. The van der Waals surface area contributed by atoms with Gasteiger partial charge in [-0.3, -0.25) is 0 Å². The lowest BCUT2D eigenvalue weighted by Crippen LogP contribution is -2.31. The van der Waals surface area contributed by atoms with Crippen LogP contribution in [0.2, 0.25) is 5.02 Å². The van der Waals surface area contributed by atoms with Gasteiger partial charge in [0.05, 0.1) is 43.7 Å². The van der Waals surface area contributed by atoms with Gasteiger partial charge in [-0.1, -0.05) is 60.2 Å². The molecule has 0 saturated heterocycles. The van der Waals surface area contributed by atoms with Crippen molar-refractivity contribution in [3.05, 3.63) is 94.0 Å². The highest BCUT2D eigenvalue weighted by Gasteiger charge is 2.32. The highest BCUT2D eigenvalue weighted by atomic mass is 35.5. The molecule has 1 aromatic heterocycles. The van der Waals surface area contributed by atoms with Crippen molar-refractivity contribution in [3.8, 4) is 11.5 Å². The Morgan fingerprint density at radius 3 is 2.44 bits per heavy atom. The molecule has 1 atom stereocenters. The molecule has 0 amide bonds. The van der Waals surface area contributed by atoms with Crippen LogP contribution in [0.5, 0.6) is 11.5 Å². The average Bonchev–Trinajstić information content (AvgIpc) is 3.37. The van der Waals surface area contributed by atoms with E-state index < -0.39 is 25.9 Å². The normalized spacial score (nSPS) is 12.2. The Balaban J connectivity index is 1.73. The molecule has 3 aromatic carbocycles. The second-order valence-corrected chi connectivity index (χ2v) is 11.6. The Labute approximate surface area is 235 Å². The van der Waals surface area contributed by atoms with E-state index in [1.165, 1.54) is 14.2 Å². The number of rotatable bonds is 11. The number of aromatic nitrogens is 1. The number of halogens is 3. The molecule has 7 nitrogen and oxygen atoms in total. The van der Waals surface area contributed by atoms with Gasteiger partial charge in [-0.25, -0.2) is 22.1 Å². The van der Waals surface area contributed by atoms with Crippen molar-refractivity contribution >= 4 is 43.8 Å². The highest BCUT2D eigenvalue weighted by molar-refractivity contribution is 7.93. The van der Waals surface area contributed by atoms with Crippen LogP contribution in [0.1, 0.15) is 30.5 Å². The maximum atomic E-state index is 15.5. The maximum Gasteiger partial charge on any atom is 0.269 e. The van der Waals surface area contributed by atoms with Gasteiger partial charge in [-0.05, 0) is 36.2 Å². The van der Waals surface area contributed by atoms with Crippen LogP contribution in [0, 0.1) is 10.9 Å². The van der Waals surface area contributed by atoms with E-state index in [1.807, 2.05) is 37.3 Å². The summed E-state index contributed by atoms with van der Waals surface area (Å²) in [5, 5.41) is 2.32. The van der Waals surface area contributed by atoms with Gasteiger partial charge in [0, 0.05) is 11.6 Å². The molecule has 39 heavy (non-hydrogen) atoms. The van der Waals surface area contributed by atoms with Crippen LogP contribution in [-0.4, -0.2) is 27.6 Å². The van der Waals surface area contributed by atoms with Gasteiger partial charge in [0.1, 0.15) is 22.2 Å². The minimum atomic E-state index is -4.60. The van der Waals surface area contributed by atoms with Crippen molar-refractivity contribution in [1.82, 2.24) is 4.98 Å². The summed E-state index contributed by atoms with van der Waals surface area (Å²) in [5.74, 6) is -0.197. The Bertz CT molecular complexity index is 1550. The molecular formula is C27H26ClF2N3O4S2. The summed E-state index contributed by atoms with van der Waals surface area (Å²) in [6.07, 6.45) is 1.58. The number of thiazole rings is 1. The van der Waals surface area contributed by atoms with Gasteiger partial charge < -0.3 is 14.8 Å². The molecule has 12 heteroatoms. The fourth-order valence-electron chi connectivity index (χ4n) is 4.00. The number of hydrogen-bond donors (Lipinski definition) is 1. The van der Waals surface area contributed by atoms with Crippen molar-refractivity contribution < 1.29 is 26.7 Å². The third-order valence-corrected chi connectivity index (χ3v) is 9.00. The Morgan fingerprint density at radius 1 is 1.08 bits per heavy atom. The number of benzene rings is 3. The Kier molecular flexibility index (Phi) is 8.94. The molecule has 0 aliphatic heterocycles. The standard InChI is InChI=1S/C27H26ClF2N3O4S2/c1-4-22(17-8-6-5-7-9-17)32-23-14-21(29)25(13-20(23)28)39(34,35)33(27-31-15-26(30)38-27)16-18-10-11-19(36-2)12-24(18)37-3/h5-15,22,32H,4,16H2,1-3H3/t22-/m0/s1. The van der Waals surface area contributed by atoms with E-state index in [0.29, 0.717) is 34.8 Å². The zero-order valence-electron chi connectivity index (χ0n) is 21.3. The van der Waals surface area contributed by atoms with Crippen LogP contribution < -0.4 is 19.1 Å². The van der Waals surface area contributed by atoms with E-state index in [-0.39, 0.29) is 28.4 Å². The lowest BCUT2D eigenvalue weighted by molar-refractivity contribution is 0.391. The lowest BCUT2D eigenvalue weighted by atomic mass is 10.0. The number of nitrogens with zero attached hydrogens (tertiary/aromatic N) is 2. The fraction of sp³-hybridized carbons (Fsp3) is 0.222. The highest BCUT2D eigenvalue weighted by Crippen LogP contribution is 2.37. The second-order valence-electron chi connectivity index (χ2n) is 8.41. The van der Waals surface area contributed by atoms with Crippen LogP contribution in [0.25, 0.3) is 0 Å². The van der Waals surface area contributed by atoms with E-state index in [0.717, 1.165) is 28.2 Å². The summed E-state index contributed by atoms with van der Waals surface area (Å²) in [6, 6.07) is 16.3. The van der Waals surface area contributed by atoms with Gasteiger partial charge in [0.2, 0.25) is 5.13 Å². The maximum absolute atomic E-state index is 15.5. The van der Waals surface area contributed by atoms with Gasteiger partial charge in [-0.2, -0.15) is 4.39 Å². The zero-order valence-corrected chi connectivity index (χ0v) is 23.7. The van der Waals surface area contributed by atoms with E-state index in [1.54, 1.807) is 18.2 Å². The summed E-state index contributed by atoms with van der Waals surface area (Å²) in [4.78, 5) is 3.23. The molecule has 0 aliphatic carbocycles. The van der Waals surface area contributed by atoms with Crippen molar-refractivity contribution in [1.29, 1.82) is 0 Å². The van der Waals surface area contributed by atoms with E-state index in [9.17, 15) is 12.8 Å². The van der Waals surface area contributed by atoms with Crippen LogP contribution in [-0.2, 0) is 16.6 Å². The Hall–Kier alpha value is -3.41. The van der Waals surface area contributed by atoms with Crippen molar-refractivity contribution in [2.45, 2.75) is 30.8 Å². The SMILES string of the molecule is CC[C@H](Nc1cc(F)c(S(=O)(=O)N(Cc2ccc(OC)cc2OC)c2ncc(F)s2)cc1Cl)c1ccccc1. The molecule has 4 rings (SSSR count). The molecule has 0 saturated carbocycles. The van der Waals surface area contributed by atoms with E-state index in [2.05, 4.69) is 10.3 Å². The molecule has 1 N–H and O–H groups in total. The first kappa shape index (κ1) is 28.6. The van der Waals surface area contributed by atoms with Gasteiger partial charge in [0.15, 0.2) is 5.13 Å². The second kappa shape index (κ2) is 12.2. The Morgan fingerprint density at radius 2 is 1.82 bits per heavy atom. The summed E-state index contributed by atoms with van der Waals surface area (Å²) in [6.45, 7) is 1.65. The summed E-state index contributed by atoms with van der Waals surface area (Å²) >= 11 is 6.99. The summed E-state index contributed by atoms with van der Waals surface area (Å²) in [5.41, 5.74) is 1.64. The largest absolute Gasteiger partial charge is 0.497 e. The van der Waals surface area contributed by atoms with Gasteiger partial charge >= 0.3 is 0 Å². The number of anilines is 2. The zero-order chi connectivity index (χ0) is 28.2. The van der Waals surface area contributed by atoms with Crippen LogP contribution in [0.4, 0.5) is 19.6 Å². The third-order valence-electron chi connectivity index (χ3n) is 6.02. The van der Waals surface area contributed by atoms with Crippen LogP contribution >= 0.6 is 22.9 Å². The first-order valence-electron chi connectivity index (χ1n) is 11.8. The number of ether oxygens (including phenoxy) is 2. The quantitative estimate of drug-likeness (QED) is 0.201. The van der Waals surface area contributed by atoms with E-state index in [4.69, 9.17) is 21.1 Å². The van der Waals surface area contributed by atoms with Crippen LogP contribution in [0.15, 0.2) is 71.8 Å². The van der Waals surface area contributed by atoms with Crippen molar-refractivity contribution in [2.24, 2.45) is 0 Å². The van der Waals surface area contributed by atoms with Crippen molar-refractivity contribution in [3.63, 3.8) is 0 Å².